The summed E-state index contributed by atoms with van der Waals surface area (Å²) >= 11 is 0. The number of hydrogen-bond acceptors (Lipinski definition) is 6. The predicted molar refractivity (Wildman–Crippen MR) is 113 cm³/mol. The fourth-order valence-corrected chi connectivity index (χ4v) is 4.38. The van der Waals surface area contributed by atoms with Crippen molar-refractivity contribution in [1.29, 1.82) is 0 Å². The summed E-state index contributed by atoms with van der Waals surface area (Å²) in [6, 6.07) is 15.2. The number of esters is 1. The van der Waals surface area contributed by atoms with Crippen molar-refractivity contribution in [1.82, 2.24) is 4.72 Å². The van der Waals surface area contributed by atoms with Gasteiger partial charge in [0.1, 0.15) is 17.1 Å². The van der Waals surface area contributed by atoms with E-state index in [1.54, 1.807) is 36.4 Å². The molecule has 158 valence electrons. The highest BCUT2D eigenvalue weighted by Crippen LogP contribution is 2.31. The van der Waals surface area contributed by atoms with Crippen molar-refractivity contribution in [3.8, 4) is 11.5 Å². The van der Waals surface area contributed by atoms with Crippen molar-refractivity contribution in [3.05, 3.63) is 65.7 Å². The van der Waals surface area contributed by atoms with Crippen molar-refractivity contribution in [3.63, 3.8) is 0 Å². The number of nitrogens with one attached hydrogen (secondary N) is 1. The van der Waals surface area contributed by atoms with Gasteiger partial charge in [0.15, 0.2) is 0 Å². The Morgan fingerprint density at radius 2 is 1.67 bits per heavy atom. The van der Waals surface area contributed by atoms with Crippen LogP contribution in [0.3, 0.4) is 0 Å². The van der Waals surface area contributed by atoms with Gasteiger partial charge in [0.2, 0.25) is 10.0 Å². The maximum absolute atomic E-state index is 13.0. The van der Waals surface area contributed by atoms with Crippen molar-refractivity contribution in [2.24, 2.45) is 0 Å². The first-order valence-electron chi connectivity index (χ1n) is 9.30. The molecule has 0 unspecified atom stereocenters. The lowest BCUT2D eigenvalue weighted by atomic mass is 10.1. The molecule has 0 radical (unpaired) electrons. The number of benzene rings is 3. The third-order valence-corrected chi connectivity index (χ3v) is 6.03. The third kappa shape index (κ3) is 4.39. The molecule has 3 aromatic rings. The van der Waals surface area contributed by atoms with Crippen LogP contribution in [-0.4, -0.2) is 35.2 Å². The van der Waals surface area contributed by atoms with Crippen LogP contribution in [0.1, 0.15) is 22.8 Å². The maximum atomic E-state index is 13.0. The molecule has 3 rings (SSSR count). The van der Waals surface area contributed by atoms with E-state index in [9.17, 15) is 13.2 Å². The van der Waals surface area contributed by atoms with E-state index < -0.39 is 16.0 Å². The average molecular weight is 429 g/mol. The summed E-state index contributed by atoms with van der Waals surface area (Å²) in [5, 5.41) is 1.29. The smallest absolute Gasteiger partial charge is 0.341 e. The van der Waals surface area contributed by atoms with E-state index >= 15 is 0 Å². The molecule has 7 nitrogen and oxygen atoms in total. The Morgan fingerprint density at radius 3 is 2.33 bits per heavy atom. The van der Waals surface area contributed by atoms with Gasteiger partial charge in [0, 0.05) is 17.3 Å². The van der Waals surface area contributed by atoms with Crippen molar-refractivity contribution >= 4 is 26.8 Å². The highest BCUT2D eigenvalue weighted by Gasteiger charge is 2.20. The van der Waals surface area contributed by atoms with Crippen molar-refractivity contribution in [2.45, 2.75) is 18.4 Å². The van der Waals surface area contributed by atoms with Crippen LogP contribution in [0, 0.1) is 0 Å². The first-order valence-corrected chi connectivity index (χ1v) is 10.8. The summed E-state index contributed by atoms with van der Waals surface area (Å²) in [6.45, 7) is 2.35. The average Bonchev–Trinajstić information content (AvgIpc) is 2.77. The van der Waals surface area contributed by atoms with Gasteiger partial charge in [-0.1, -0.05) is 30.3 Å². The summed E-state index contributed by atoms with van der Waals surface area (Å²) < 4.78 is 44.2. The number of methoxy groups -OCH3 is 2. The highest BCUT2D eigenvalue weighted by molar-refractivity contribution is 7.89. The molecule has 0 atom stereocenters. The first kappa shape index (κ1) is 21.6. The van der Waals surface area contributed by atoms with Gasteiger partial charge in [-0.2, -0.15) is 0 Å². The Balaban J connectivity index is 1.91. The molecule has 0 saturated carbocycles. The lowest BCUT2D eigenvalue weighted by Crippen LogP contribution is -2.23. The molecule has 0 amide bonds. The molecule has 30 heavy (non-hydrogen) atoms. The molecule has 0 aliphatic rings. The predicted octanol–water partition coefficient (Wildman–Crippen LogP) is 3.51. The molecule has 0 aromatic heterocycles. The van der Waals surface area contributed by atoms with Gasteiger partial charge in [-0.3, -0.25) is 0 Å². The minimum Gasteiger partial charge on any atom is -0.496 e. The number of carbonyl (C=O) groups excluding carboxylic acids is 1. The van der Waals surface area contributed by atoms with Crippen LogP contribution in [0.25, 0.3) is 10.8 Å². The monoisotopic (exact) mass is 429 g/mol. The largest absolute Gasteiger partial charge is 0.496 e. The molecule has 0 spiro atoms. The molecule has 0 fully saturated rings. The van der Waals surface area contributed by atoms with E-state index in [1.807, 2.05) is 19.1 Å². The first-order chi connectivity index (χ1) is 14.4. The van der Waals surface area contributed by atoms with E-state index in [4.69, 9.17) is 14.2 Å². The SMILES string of the molecule is CCOc1ccc(S(=O)(=O)NCc2ccc(OC)c(C(=O)OC)c2)c2ccccc12. The Labute approximate surface area is 175 Å². The summed E-state index contributed by atoms with van der Waals surface area (Å²) in [7, 11) is -1.11. The molecule has 0 aliphatic heterocycles. The van der Waals surface area contributed by atoms with Crippen LogP contribution in [0.5, 0.6) is 11.5 Å². The van der Waals surface area contributed by atoms with Gasteiger partial charge in [-0.15, -0.1) is 0 Å². The fourth-order valence-electron chi connectivity index (χ4n) is 3.15. The number of sulfonamides is 1. The second kappa shape index (κ2) is 9.15. The van der Waals surface area contributed by atoms with Gasteiger partial charge in [0.05, 0.1) is 25.7 Å². The quantitative estimate of drug-likeness (QED) is 0.551. The minimum atomic E-state index is -3.82. The molecule has 0 aliphatic carbocycles. The summed E-state index contributed by atoms with van der Waals surface area (Å²) in [5.41, 5.74) is 0.818. The number of ether oxygens (including phenoxy) is 3. The second-order valence-corrected chi connectivity index (χ2v) is 8.13. The molecule has 3 aromatic carbocycles. The van der Waals surface area contributed by atoms with Crippen LogP contribution in [-0.2, 0) is 21.3 Å². The molecular formula is C22H23NO6S. The van der Waals surface area contributed by atoms with Crippen LogP contribution < -0.4 is 14.2 Å². The molecule has 0 saturated heterocycles. The summed E-state index contributed by atoms with van der Waals surface area (Å²) in [4.78, 5) is 12.1. The van der Waals surface area contributed by atoms with E-state index in [-0.39, 0.29) is 17.0 Å². The van der Waals surface area contributed by atoms with Crippen molar-refractivity contribution in [2.75, 3.05) is 20.8 Å². The van der Waals surface area contributed by atoms with Gasteiger partial charge in [0.25, 0.3) is 0 Å². The maximum Gasteiger partial charge on any atom is 0.341 e. The van der Waals surface area contributed by atoms with Crippen molar-refractivity contribution < 1.29 is 27.4 Å². The van der Waals surface area contributed by atoms with E-state index in [0.29, 0.717) is 29.1 Å². The number of fused-ring (bicyclic) bond motifs is 1. The third-order valence-electron chi connectivity index (χ3n) is 4.57. The van der Waals surface area contributed by atoms with Crippen LogP contribution in [0.15, 0.2) is 59.5 Å². The topological polar surface area (TPSA) is 90.9 Å². The van der Waals surface area contributed by atoms with Crippen LogP contribution in [0.2, 0.25) is 0 Å². The normalized spacial score (nSPS) is 11.3. The second-order valence-electron chi connectivity index (χ2n) is 6.39. The molecule has 0 heterocycles. The van der Waals surface area contributed by atoms with E-state index in [2.05, 4.69) is 4.72 Å². The Bertz CT molecular complexity index is 1170. The number of rotatable bonds is 8. The Morgan fingerprint density at radius 1 is 0.967 bits per heavy atom. The summed E-state index contributed by atoms with van der Waals surface area (Å²) in [5.74, 6) is 0.421. The molecule has 0 bridgehead atoms. The highest BCUT2D eigenvalue weighted by atomic mass is 32.2. The number of carbonyl (C=O) groups is 1. The Kier molecular flexibility index (Phi) is 6.59. The molecular weight excluding hydrogens is 406 g/mol. The minimum absolute atomic E-state index is 0.00212. The summed E-state index contributed by atoms with van der Waals surface area (Å²) in [6.07, 6.45) is 0. The van der Waals surface area contributed by atoms with Gasteiger partial charge < -0.3 is 14.2 Å². The molecule has 8 heteroatoms. The zero-order valence-corrected chi connectivity index (χ0v) is 17.8. The van der Waals surface area contributed by atoms with Gasteiger partial charge >= 0.3 is 5.97 Å². The lowest BCUT2D eigenvalue weighted by Gasteiger charge is -2.13. The zero-order valence-electron chi connectivity index (χ0n) is 17.0. The number of hydrogen-bond donors (Lipinski definition) is 1. The van der Waals surface area contributed by atoms with Gasteiger partial charge in [-0.25, -0.2) is 17.9 Å². The van der Waals surface area contributed by atoms with E-state index in [1.165, 1.54) is 20.3 Å². The standard InChI is InChI=1S/C22H23NO6S/c1-4-29-20-11-12-21(17-8-6-5-7-16(17)20)30(25,26)23-14-15-9-10-19(27-2)18(13-15)22(24)28-3/h5-13,23H,4,14H2,1-3H3. The fraction of sp³-hybridized carbons (Fsp3) is 0.227. The molecule has 1 N–H and O–H groups in total. The lowest BCUT2D eigenvalue weighted by molar-refractivity contribution is 0.0597. The van der Waals surface area contributed by atoms with Crippen LogP contribution in [0.4, 0.5) is 0 Å². The van der Waals surface area contributed by atoms with Crippen LogP contribution >= 0.6 is 0 Å². The zero-order chi connectivity index (χ0) is 21.7. The Hall–Kier alpha value is -3.10. The van der Waals surface area contributed by atoms with E-state index in [0.717, 1.165) is 5.39 Å². The van der Waals surface area contributed by atoms with Gasteiger partial charge in [-0.05, 0) is 36.8 Å².